The van der Waals surface area contributed by atoms with Gasteiger partial charge in [-0.3, -0.25) is 4.79 Å². The van der Waals surface area contributed by atoms with Crippen LogP contribution < -0.4 is 11.5 Å². The molecule has 0 saturated heterocycles. The molecule has 0 aliphatic heterocycles. The van der Waals surface area contributed by atoms with E-state index in [0.29, 0.717) is 17.7 Å². The fraction of sp³-hybridized carbons (Fsp3) is 0.182. The predicted molar refractivity (Wildman–Crippen MR) is 57.4 cm³/mol. The van der Waals surface area contributed by atoms with Crippen LogP contribution in [0.25, 0.3) is 0 Å². The van der Waals surface area contributed by atoms with Gasteiger partial charge in [-0.1, -0.05) is 0 Å². The number of anilines is 1. The number of amides is 1. The van der Waals surface area contributed by atoms with Crippen LogP contribution in [0.3, 0.4) is 0 Å². The Labute approximate surface area is 88.5 Å². The Hall–Kier alpha value is -2.02. The van der Waals surface area contributed by atoms with E-state index in [9.17, 15) is 4.79 Å². The molecule has 4 heteroatoms. The molecule has 0 fully saturated rings. The first-order chi connectivity index (χ1) is 7.11. The highest BCUT2D eigenvalue weighted by atomic mass is 16.1. The quantitative estimate of drug-likeness (QED) is 0.706. The van der Waals surface area contributed by atoms with Gasteiger partial charge < -0.3 is 11.5 Å². The number of nitrogens with two attached hydrogens (primary N) is 2. The Morgan fingerprint density at radius 2 is 2.20 bits per heavy atom. The normalized spacial score (nSPS) is 9.53. The summed E-state index contributed by atoms with van der Waals surface area (Å²) in [4.78, 5) is 10.5. The summed E-state index contributed by atoms with van der Waals surface area (Å²) >= 11 is 0. The second-order valence-corrected chi connectivity index (χ2v) is 3.24. The fourth-order valence-corrected chi connectivity index (χ4v) is 1.28. The molecule has 0 atom stereocenters. The van der Waals surface area contributed by atoms with E-state index >= 15 is 0 Å². The predicted octanol–water partition coefficient (Wildman–Crippen LogP) is 0.763. The van der Waals surface area contributed by atoms with Crippen LogP contribution in [0, 0.1) is 17.8 Å². The molecule has 1 radical (unpaired) electrons. The summed E-state index contributed by atoms with van der Waals surface area (Å²) in [6, 6.07) is 7.15. The average molecular weight is 202 g/mol. The van der Waals surface area contributed by atoms with Crippen LogP contribution in [-0.2, 0) is 11.2 Å². The number of nitrogen functional groups attached to an aromatic ring is 1. The van der Waals surface area contributed by atoms with E-state index < -0.39 is 0 Å². The second kappa shape index (κ2) is 5.01. The highest BCUT2D eigenvalue weighted by molar-refractivity contribution is 5.74. The Kier molecular flexibility index (Phi) is 3.69. The van der Waals surface area contributed by atoms with Gasteiger partial charge >= 0.3 is 0 Å². The smallest absolute Gasteiger partial charge is 0.217 e. The van der Waals surface area contributed by atoms with E-state index in [1.165, 1.54) is 0 Å². The highest BCUT2D eigenvalue weighted by Crippen LogP contribution is 2.13. The van der Waals surface area contributed by atoms with Crippen molar-refractivity contribution < 1.29 is 4.79 Å². The van der Waals surface area contributed by atoms with Crippen molar-refractivity contribution in [3.63, 3.8) is 0 Å². The van der Waals surface area contributed by atoms with Gasteiger partial charge in [0.25, 0.3) is 0 Å². The number of benzene rings is 1. The first-order valence-corrected chi connectivity index (χ1v) is 4.51. The Balaban J connectivity index is 2.65. The number of hydrogen-bond acceptors (Lipinski definition) is 3. The van der Waals surface area contributed by atoms with Crippen LogP contribution in [0.1, 0.15) is 17.5 Å². The van der Waals surface area contributed by atoms with Gasteiger partial charge in [-0.2, -0.15) is 5.26 Å². The molecule has 4 nitrogen and oxygen atoms in total. The van der Waals surface area contributed by atoms with E-state index in [1.54, 1.807) is 24.6 Å². The summed E-state index contributed by atoms with van der Waals surface area (Å²) in [6.45, 7) is 0. The van der Waals surface area contributed by atoms with Crippen LogP contribution in [0.5, 0.6) is 0 Å². The molecule has 1 aromatic carbocycles. The molecule has 1 rings (SSSR count). The molecule has 0 aliphatic rings. The van der Waals surface area contributed by atoms with Crippen molar-refractivity contribution in [2.24, 2.45) is 5.73 Å². The molecule has 0 saturated carbocycles. The number of nitriles is 1. The molecule has 0 heterocycles. The van der Waals surface area contributed by atoms with E-state index in [4.69, 9.17) is 16.7 Å². The third kappa shape index (κ3) is 3.69. The van der Waals surface area contributed by atoms with Gasteiger partial charge in [0, 0.05) is 12.1 Å². The van der Waals surface area contributed by atoms with Gasteiger partial charge in [0.1, 0.15) is 0 Å². The second-order valence-electron chi connectivity index (χ2n) is 3.24. The molecule has 77 valence electrons. The van der Waals surface area contributed by atoms with Crippen molar-refractivity contribution in [2.75, 3.05) is 5.73 Å². The largest absolute Gasteiger partial charge is 0.399 e. The highest BCUT2D eigenvalue weighted by Gasteiger charge is 2.00. The Bertz CT molecular complexity index is 407. The van der Waals surface area contributed by atoms with Gasteiger partial charge in [-0.05, 0) is 36.6 Å². The van der Waals surface area contributed by atoms with Crippen LogP contribution in [0.4, 0.5) is 5.69 Å². The zero-order valence-corrected chi connectivity index (χ0v) is 8.23. The van der Waals surface area contributed by atoms with E-state index in [1.807, 2.05) is 6.07 Å². The minimum absolute atomic E-state index is 0.233. The molecular formula is C11H12N3O. The number of primary amides is 1. The molecule has 4 N–H and O–H groups in total. The number of hydrogen-bond donors (Lipinski definition) is 2. The third-order valence-electron chi connectivity index (χ3n) is 1.87. The number of carbonyl (C=O) groups excluding carboxylic acids is 1. The van der Waals surface area contributed by atoms with Crippen molar-refractivity contribution >= 4 is 11.6 Å². The average Bonchev–Trinajstić information content (AvgIpc) is 2.16. The summed E-state index contributed by atoms with van der Waals surface area (Å²) in [5, 5.41) is 8.71. The van der Waals surface area contributed by atoms with E-state index in [-0.39, 0.29) is 12.3 Å². The summed E-state index contributed by atoms with van der Waals surface area (Å²) in [5.74, 6) is -0.362. The van der Waals surface area contributed by atoms with Gasteiger partial charge in [0.05, 0.1) is 11.6 Å². The minimum Gasteiger partial charge on any atom is -0.399 e. The lowest BCUT2D eigenvalue weighted by Gasteiger charge is -2.02. The standard InChI is InChI=1S/C11H12N3O/c12-7-9-4-8(5-10(13)6-9)2-1-3-11(14)15/h1,4-6H,2-3,13H2,(H2,14,15). The van der Waals surface area contributed by atoms with Crippen LogP contribution in [-0.4, -0.2) is 5.91 Å². The van der Waals surface area contributed by atoms with Gasteiger partial charge in [0.15, 0.2) is 0 Å². The molecule has 15 heavy (non-hydrogen) atoms. The summed E-state index contributed by atoms with van der Waals surface area (Å²) in [5.41, 5.74) is 12.6. The SMILES string of the molecule is N#Cc1cc(N)cc(C[CH]CC(N)=O)c1. The van der Waals surface area contributed by atoms with Crippen molar-refractivity contribution in [1.29, 1.82) is 5.26 Å². The molecule has 0 aromatic heterocycles. The van der Waals surface area contributed by atoms with Gasteiger partial charge in [0.2, 0.25) is 5.91 Å². The maximum atomic E-state index is 10.5. The first kappa shape index (κ1) is 11.1. The van der Waals surface area contributed by atoms with Gasteiger partial charge in [-0.15, -0.1) is 0 Å². The molecular weight excluding hydrogens is 190 g/mol. The lowest BCUT2D eigenvalue weighted by Crippen LogP contribution is -2.10. The third-order valence-corrected chi connectivity index (χ3v) is 1.87. The summed E-state index contributed by atoms with van der Waals surface area (Å²) in [6.07, 6.45) is 2.58. The number of rotatable bonds is 4. The maximum absolute atomic E-state index is 10.5. The Morgan fingerprint density at radius 3 is 2.80 bits per heavy atom. The van der Waals surface area contributed by atoms with Crippen LogP contribution in [0.15, 0.2) is 18.2 Å². The zero-order valence-electron chi connectivity index (χ0n) is 8.23. The fourth-order valence-electron chi connectivity index (χ4n) is 1.28. The summed E-state index contributed by atoms with van der Waals surface area (Å²) in [7, 11) is 0. The minimum atomic E-state index is -0.362. The van der Waals surface area contributed by atoms with Crippen molar-refractivity contribution in [3.05, 3.63) is 35.7 Å². The molecule has 1 aromatic rings. The van der Waals surface area contributed by atoms with Crippen molar-refractivity contribution in [2.45, 2.75) is 12.8 Å². The lowest BCUT2D eigenvalue weighted by atomic mass is 10.0. The van der Waals surface area contributed by atoms with Gasteiger partial charge in [-0.25, -0.2) is 0 Å². The van der Waals surface area contributed by atoms with Crippen LogP contribution in [0.2, 0.25) is 0 Å². The number of carbonyl (C=O) groups is 1. The molecule has 0 aliphatic carbocycles. The van der Waals surface area contributed by atoms with Crippen LogP contribution >= 0.6 is 0 Å². The Morgan fingerprint density at radius 1 is 1.47 bits per heavy atom. The first-order valence-electron chi connectivity index (χ1n) is 4.51. The van der Waals surface area contributed by atoms with Crippen molar-refractivity contribution in [1.82, 2.24) is 0 Å². The molecule has 0 spiro atoms. The lowest BCUT2D eigenvalue weighted by molar-refractivity contribution is -0.117. The molecule has 0 unspecified atom stereocenters. The topological polar surface area (TPSA) is 92.9 Å². The summed E-state index contributed by atoms with van der Waals surface area (Å²) < 4.78 is 0. The van der Waals surface area contributed by atoms with E-state index in [0.717, 1.165) is 5.56 Å². The molecule has 1 amide bonds. The maximum Gasteiger partial charge on any atom is 0.217 e. The van der Waals surface area contributed by atoms with E-state index in [2.05, 4.69) is 0 Å². The van der Waals surface area contributed by atoms with Crippen molar-refractivity contribution in [3.8, 4) is 6.07 Å². The zero-order chi connectivity index (χ0) is 11.3. The molecule has 0 bridgehead atoms. The number of nitrogens with zero attached hydrogens (tertiary/aromatic N) is 1. The monoisotopic (exact) mass is 202 g/mol.